The molecule has 0 spiro atoms. The summed E-state index contributed by atoms with van der Waals surface area (Å²) in [5.41, 5.74) is -0.261. The summed E-state index contributed by atoms with van der Waals surface area (Å²) in [4.78, 5) is 22.6. The first-order chi connectivity index (χ1) is 9.19. The van der Waals surface area contributed by atoms with E-state index in [4.69, 9.17) is 4.74 Å². The van der Waals surface area contributed by atoms with Crippen molar-refractivity contribution in [1.29, 1.82) is 0 Å². The summed E-state index contributed by atoms with van der Waals surface area (Å²) in [7, 11) is 0. The highest BCUT2D eigenvalue weighted by Gasteiger charge is 2.22. The molecule has 0 aliphatic carbocycles. The molecule has 20 heavy (non-hydrogen) atoms. The number of carbonyl (C=O) groups is 1. The van der Waals surface area contributed by atoms with Gasteiger partial charge in [-0.2, -0.15) is 0 Å². The minimum absolute atomic E-state index is 0.0586. The molecule has 0 saturated heterocycles. The number of aromatic nitrogens is 1. The molecule has 1 aromatic heterocycles. The van der Waals surface area contributed by atoms with Crippen molar-refractivity contribution in [2.45, 2.75) is 26.4 Å². The van der Waals surface area contributed by atoms with Crippen LogP contribution in [0, 0.1) is 10.1 Å². The van der Waals surface area contributed by atoms with Gasteiger partial charge in [-0.15, -0.1) is 0 Å². The van der Waals surface area contributed by atoms with E-state index in [9.17, 15) is 14.9 Å². The Hall–Kier alpha value is -1.89. The number of benzene rings is 1. The van der Waals surface area contributed by atoms with Crippen LogP contribution in [0.15, 0.2) is 28.9 Å². The standard InChI is InChI=1S/C13H13BrN2O4/c1-13(2,3)20-12(17)15-5-4-9-10(15)6-8(14)7-11(9)16(18)19/h4-7H,1-3H3. The molecule has 6 nitrogen and oxygen atoms in total. The molecular weight excluding hydrogens is 328 g/mol. The fourth-order valence-corrected chi connectivity index (χ4v) is 2.24. The Morgan fingerprint density at radius 3 is 2.60 bits per heavy atom. The number of nitrogens with zero attached hydrogens (tertiary/aromatic N) is 2. The molecule has 1 aromatic carbocycles. The average Bonchev–Trinajstić information content (AvgIpc) is 2.68. The van der Waals surface area contributed by atoms with Gasteiger partial charge >= 0.3 is 6.09 Å². The van der Waals surface area contributed by atoms with Crippen LogP contribution in [0.5, 0.6) is 0 Å². The molecule has 0 saturated carbocycles. The Balaban J connectivity index is 2.57. The van der Waals surface area contributed by atoms with Gasteiger partial charge in [0.05, 0.1) is 15.8 Å². The fourth-order valence-electron chi connectivity index (χ4n) is 1.81. The van der Waals surface area contributed by atoms with Gasteiger partial charge in [0.2, 0.25) is 0 Å². The summed E-state index contributed by atoms with van der Waals surface area (Å²) < 4.78 is 7.06. The Morgan fingerprint density at radius 1 is 1.40 bits per heavy atom. The van der Waals surface area contributed by atoms with Crippen molar-refractivity contribution in [2.75, 3.05) is 0 Å². The number of rotatable bonds is 1. The van der Waals surface area contributed by atoms with Crippen molar-refractivity contribution < 1.29 is 14.5 Å². The van der Waals surface area contributed by atoms with Gasteiger partial charge < -0.3 is 4.74 Å². The minimum atomic E-state index is -0.633. The molecular formula is C13H13BrN2O4. The Bertz CT molecular complexity index is 700. The number of fused-ring (bicyclic) bond motifs is 1. The van der Waals surface area contributed by atoms with Crippen LogP contribution in [0.4, 0.5) is 10.5 Å². The zero-order valence-electron chi connectivity index (χ0n) is 11.2. The first-order valence-corrected chi connectivity index (χ1v) is 6.67. The molecule has 2 rings (SSSR count). The van der Waals surface area contributed by atoms with Crippen LogP contribution in [-0.2, 0) is 4.74 Å². The van der Waals surface area contributed by atoms with Crippen molar-refractivity contribution in [3.63, 3.8) is 0 Å². The maximum absolute atomic E-state index is 12.1. The summed E-state index contributed by atoms with van der Waals surface area (Å²) in [5, 5.41) is 11.4. The number of hydrogen-bond acceptors (Lipinski definition) is 4. The largest absolute Gasteiger partial charge is 0.443 e. The normalized spacial score (nSPS) is 11.6. The third-order valence-corrected chi connectivity index (χ3v) is 3.00. The van der Waals surface area contributed by atoms with Crippen LogP contribution in [-0.4, -0.2) is 21.2 Å². The number of nitro groups is 1. The van der Waals surface area contributed by atoms with E-state index in [1.807, 2.05) is 0 Å². The maximum Gasteiger partial charge on any atom is 0.418 e. The molecule has 0 aliphatic rings. The molecule has 0 N–H and O–H groups in total. The summed E-state index contributed by atoms with van der Waals surface area (Å²) in [5.74, 6) is 0. The lowest BCUT2D eigenvalue weighted by Gasteiger charge is -2.19. The third kappa shape index (κ3) is 2.82. The van der Waals surface area contributed by atoms with Gasteiger partial charge in [-0.1, -0.05) is 15.9 Å². The lowest BCUT2D eigenvalue weighted by molar-refractivity contribution is -0.383. The maximum atomic E-state index is 12.1. The van der Waals surface area contributed by atoms with Crippen molar-refractivity contribution in [2.24, 2.45) is 0 Å². The molecule has 0 atom stereocenters. The van der Waals surface area contributed by atoms with Crippen LogP contribution in [0.2, 0.25) is 0 Å². The number of nitro benzene ring substituents is 1. The van der Waals surface area contributed by atoms with Crippen molar-refractivity contribution >= 4 is 38.6 Å². The summed E-state index contributed by atoms with van der Waals surface area (Å²) in [6.45, 7) is 5.28. The van der Waals surface area contributed by atoms with E-state index in [1.165, 1.54) is 22.9 Å². The third-order valence-electron chi connectivity index (χ3n) is 2.54. The van der Waals surface area contributed by atoms with Gasteiger partial charge in [0.15, 0.2) is 0 Å². The predicted octanol–water partition coefficient (Wildman–Crippen LogP) is 4.10. The molecule has 0 bridgehead atoms. The monoisotopic (exact) mass is 340 g/mol. The van der Waals surface area contributed by atoms with Gasteiger partial charge in [0.1, 0.15) is 5.60 Å². The van der Waals surface area contributed by atoms with Gasteiger partial charge in [0.25, 0.3) is 5.69 Å². The van der Waals surface area contributed by atoms with E-state index in [1.54, 1.807) is 26.8 Å². The Kier molecular flexibility index (Phi) is 3.56. The van der Waals surface area contributed by atoms with Crippen molar-refractivity contribution in [1.82, 2.24) is 4.57 Å². The average molecular weight is 341 g/mol. The highest BCUT2D eigenvalue weighted by atomic mass is 79.9. The van der Waals surface area contributed by atoms with E-state index in [0.29, 0.717) is 15.4 Å². The smallest absolute Gasteiger partial charge is 0.418 e. The topological polar surface area (TPSA) is 74.4 Å². The number of carbonyl (C=O) groups excluding carboxylic acids is 1. The molecule has 1 heterocycles. The molecule has 0 radical (unpaired) electrons. The van der Waals surface area contributed by atoms with Gasteiger partial charge in [0, 0.05) is 16.7 Å². The second-order valence-corrected chi connectivity index (χ2v) is 6.20. The summed E-state index contributed by atoms with van der Waals surface area (Å²) in [6.07, 6.45) is 0.901. The zero-order valence-corrected chi connectivity index (χ0v) is 12.8. The van der Waals surface area contributed by atoms with E-state index in [2.05, 4.69) is 15.9 Å². The number of hydrogen-bond donors (Lipinski definition) is 0. The summed E-state index contributed by atoms with van der Waals surface area (Å²) >= 11 is 3.21. The summed E-state index contributed by atoms with van der Waals surface area (Å²) in [6, 6.07) is 4.58. The van der Waals surface area contributed by atoms with Gasteiger partial charge in [-0.25, -0.2) is 4.79 Å². The highest BCUT2D eigenvalue weighted by molar-refractivity contribution is 9.10. The van der Waals surface area contributed by atoms with Gasteiger partial charge in [-0.05, 0) is 32.9 Å². The van der Waals surface area contributed by atoms with Crippen LogP contribution >= 0.6 is 15.9 Å². The van der Waals surface area contributed by atoms with Gasteiger partial charge in [-0.3, -0.25) is 14.7 Å². The SMILES string of the molecule is CC(C)(C)OC(=O)n1ccc2c([N+](=O)[O-])cc(Br)cc21. The molecule has 106 valence electrons. The number of ether oxygens (including phenoxy) is 1. The van der Waals surface area contributed by atoms with Crippen LogP contribution in [0.3, 0.4) is 0 Å². The molecule has 0 unspecified atom stereocenters. The Morgan fingerprint density at radius 2 is 2.05 bits per heavy atom. The van der Waals surface area contributed by atoms with E-state index in [0.717, 1.165) is 0 Å². The second-order valence-electron chi connectivity index (χ2n) is 5.28. The molecule has 2 aromatic rings. The number of non-ortho nitro benzene ring substituents is 1. The molecule has 0 fully saturated rings. The molecule has 0 amide bonds. The highest BCUT2D eigenvalue weighted by Crippen LogP contribution is 2.31. The lowest BCUT2D eigenvalue weighted by atomic mass is 10.2. The predicted molar refractivity (Wildman–Crippen MR) is 77.9 cm³/mol. The van der Waals surface area contributed by atoms with Crippen molar-refractivity contribution in [3.05, 3.63) is 39.0 Å². The van der Waals surface area contributed by atoms with E-state index >= 15 is 0 Å². The minimum Gasteiger partial charge on any atom is -0.443 e. The van der Waals surface area contributed by atoms with Crippen LogP contribution < -0.4 is 0 Å². The van der Waals surface area contributed by atoms with E-state index < -0.39 is 16.6 Å². The quantitative estimate of drug-likeness (QED) is 0.578. The fraction of sp³-hybridized carbons (Fsp3) is 0.308. The lowest BCUT2D eigenvalue weighted by Crippen LogP contribution is -2.26. The Labute approximate surface area is 123 Å². The van der Waals surface area contributed by atoms with E-state index in [-0.39, 0.29) is 5.69 Å². The van der Waals surface area contributed by atoms with Crippen molar-refractivity contribution in [3.8, 4) is 0 Å². The zero-order chi connectivity index (χ0) is 15.1. The first kappa shape index (κ1) is 14.5. The first-order valence-electron chi connectivity index (χ1n) is 5.87. The van der Waals surface area contributed by atoms with Crippen LogP contribution in [0.1, 0.15) is 20.8 Å². The molecule has 7 heteroatoms. The second kappa shape index (κ2) is 4.90. The molecule has 0 aliphatic heterocycles. The number of halogens is 1. The van der Waals surface area contributed by atoms with Crippen LogP contribution in [0.25, 0.3) is 10.9 Å².